The SMILES string of the molecule is CN=C(NCCCC(=O)N1CCc2ccccc21)N1CCN(CC(=O)NC(C)C)CC1. The van der Waals surface area contributed by atoms with Gasteiger partial charge in [0.15, 0.2) is 5.96 Å². The van der Waals surface area contributed by atoms with Crippen molar-refractivity contribution in [2.75, 3.05) is 57.8 Å². The molecule has 0 atom stereocenters. The summed E-state index contributed by atoms with van der Waals surface area (Å²) in [5.74, 6) is 1.14. The van der Waals surface area contributed by atoms with Gasteiger partial charge in [0.2, 0.25) is 11.8 Å². The zero-order valence-corrected chi connectivity index (χ0v) is 19.1. The Morgan fingerprint density at radius 2 is 1.84 bits per heavy atom. The van der Waals surface area contributed by atoms with E-state index in [9.17, 15) is 9.59 Å². The number of hydrogen-bond donors (Lipinski definition) is 2. The minimum Gasteiger partial charge on any atom is -0.356 e. The molecule has 8 heteroatoms. The first-order valence-corrected chi connectivity index (χ1v) is 11.3. The highest BCUT2D eigenvalue weighted by Gasteiger charge is 2.24. The lowest BCUT2D eigenvalue weighted by Crippen LogP contribution is -2.54. The first-order chi connectivity index (χ1) is 15.0. The van der Waals surface area contributed by atoms with Gasteiger partial charge in [-0.25, -0.2) is 0 Å². The first-order valence-electron chi connectivity index (χ1n) is 11.3. The van der Waals surface area contributed by atoms with Crippen LogP contribution in [0, 0.1) is 0 Å². The number of hydrogen-bond acceptors (Lipinski definition) is 4. The predicted octanol–water partition coefficient (Wildman–Crippen LogP) is 1.07. The largest absolute Gasteiger partial charge is 0.356 e. The molecule has 1 saturated heterocycles. The maximum atomic E-state index is 12.6. The van der Waals surface area contributed by atoms with Crippen molar-refractivity contribution in [2.24, 2.45) is 4.99 Å². The molecule has 2 heterocycles. The molecule has 0 saturated carbocycles. The van der Waals surface area contributed by atoms with Gasteiger partial charge in [-0.15, -0.1) is 0 Å². The van der Waals surface area contributed by atoms with E-state index in [0.717, 1.165) is 57.2 Å². The molecule has 0 unspecified atom stereocenters. The number of carbonyl (C=O) groups is 2. The second-order valence-corrected chi connectivity index (χ2v) is 8.49. The van der Waals surface area contributed by atoms with Crippen molar-refractivity contribution < 1.29 is 9.59 Å². The highest BCUT2D eigenvalue weighted by molar-refractivity contribution is 5.95. The molecule has 31 heavy (non-hydrogen) atoms. The molecule has 2 aliphatic heterocycles. The van der Waals surface area contributed by atoms with Crippen LogP contribution >= 0.6 is 0 Å². The number of benzene rings is 1. The van der Waals surface area contributed by atoms with E-state index in [2.05, 4.69) is 31.5 Å². The summed E-state index contributed by atoms with van der Waals surface area (Å²) >= 11 is 0. The Hall–Kier alpha value is -2.61. The molecule has 2 amide bonds. The maximum Gasteiger partial charge on any atom is 0.234 e. The molecule has 1 aromatic carbocycles. The lowest BCUT2D eigenvalue weighted by Gasteiger charge is -2.36. The third-order valence-electron chi connectivity index (χ3n) is 5.74. The molecule has 0 radical (unpaired) electrons. The fourth-order valence-corrected chi connectivity index (χ4v) is 4.19. The number of para-hydroxylation sites is 1. The highest BCUT2D eigenvalue weighted by Crippen LogP contribution is 2.27. The number of piperazine rings is 1. The van der Waals surface area contributed by atoms with Gasteiger partial charge in [-0.2, -0.15) is 0 Å². The number of anilines is 1. The minimum atomic E-state index is 0.0799. The van der Waals surface area contributed by atoms with Crippen LogP contribution in [-0.2, 0) is 16.0 Å². The third-order valence-corrected chi connectivity index (χ3v) is 5.74. The molecule has 1 fully saturated rings. The van der Waals surface area contributed by atoms with E-state index in [4.69, 9.17) is 0 Å². The van der Waals surface area contributed by atoms with Crippen LogP contribution in [0.3, 0.4) is 0 Å². The van der Waals surface area contributed by atoms with Crippen molar-refractivity contribution in [1.82, 2.24) is 20.4 Å². The average molecular weight is 429 g/mol. The molecule has 170 valence electrons. The zero-order chi connectivity index (χ0) is 22.2. The van der Waals surface area contributed by atoms with Gasteiger partial charge < -0.3 is 20.4 Å². The first kappa shape index (κ1) is 23.1. The molecule has 0 aromatic heterocycles. The van der Waals surface area contributed by atoms with Crippen molar-refractivity contribution >= 4 is 23.5 Å². The standard InChI is InChI=1S/C23H36N6O2/c1-18(2)26-21(30)17-27-13-15-28(16-14-27)23(24-3)25-11-6-9-22(31)29-12-10-19-7-4-5-8-20(19)29/h4-5,7-8,18H,6,9-17H2,1-3H3,(H,24,25)(H,26,30). The molecule has 2 N–H and O–H groups in total. The van der Waals surface area contributed by atoms with E-state index in [-0.39, 0.29) is 17.9 Å². The molecule has 1 aromatic rings. The highest BCUT2D eigenvalue weighted by atomic mass is 16.2. The summed E-state index contributed by atoms with van der Waals surface area (Å²) in [6.07, 6.45) is 2.24. The number of amides is 2. The second kappa shape index (κ2) is 11.1. The van der Waals surface area contributed by atoms with Gasteiger partial charge in [0, 0.05) is 64.5 Å². The van der Waals surface area contributed by atoms with Gasteiger partial charge in [-0.1, -0.05) is 18.2 Å². The van der Waals surface area contributed by atoms with E-state index < -0.39 is 0 Å². The van der Waals surface area contributed by atoms with Crippen molar-refractivity contribution in [2.45, 2.75) is 39.2 Å². The summed E-state index contributed by atoms with van der Waals surface area (Å²) < 4.78 is 0. The lowest BCUT2D eigenvalue weighted by atomic mass is 10.2. The van der Waals surface area contributed by atoms with Gasteiger partial charge in [-0.3, -0.25) is 19.5 Å². The van der Waals surface area contributed by atoms with Crippen molar-refractivity contribution in [3.05, 3.63) is 29.8 Å². The summed E-state index contributed by atoms with van der Waals surface area (Å²) in [5, 5.41) is 6.34. The molecule has 0 spiro atoms. The number of nitrogens with zero attached hydrogens (tertiary/aromatic N) is 4. The number of guanidine groups is 1. The van der Waals surface area contributed by atoms with Crippen LogP contribution in [0.1, 0.15) is 32.3 Å². The Morgan fingerprint density at radius 1 is 1.10 bits per heavy atom. The smallest absolute Gasteiger partial charge is 0.234 e. The molecular formula is C23H36N6O2. The van der Waals surface area contributed by atoms with Gasteiger partial charge in [0.1, 0.15) is 0 Å². The van der Waals surface area contributed by atoms with Crippen LogP contribution < -0.4 is 15.5 Å². The molecule has 3 rings (SSSR count). The summed E-state index contributed by atoms with van der Waals surface area (Å²) in [7, 11) is 1.79. The molecule has 0 aliphatic carbocycles. The Morgan fingerprint density at radius 3 is 2.55 bits per heavy atom. The fraction of sp³-hybridized carbons (Fsp3) is 0.609. The maximum absolute atomic E-state index is 12.6. The Kier molecular flexibility index (Phi) is 8.28. The minimum absolute atomic E-state index is 0.0799. The topological polar surface area (TPSA) is 80.3 Å². The van der Waals surface area contributed by atoms with Crippen molar-refractivity contribution in [3.8, 4) is 0 Å². The zero-order valence-electron chi connectivity index (χ0n) is 19.1. The Labute approximate surface area is 185 Å². The number of fused-ring (bicyclic) bond motifs is 1. The van der Waals surface area contributed by atoms with Gasteiger partial charge in [-0.05, 0) is 38.3 Å². The normalized spacial score (nSPS) is 17.1. The average Bonchev–Trinajstić information content (AvgIpc) is 3.18. The second-order valence-electron chi connectivity index (χ2n) is 8.49. The summed E-state index contributed by atoms with van der Waals surface area (Å²) in [4.78, 5) is 35.3. The molecule has 8 nitrogen and oxygen atoms in total. The lowest BCUT2D eigenvalue weighted by molar-refractivity contribution is -0.123. The van der Waals surface area contributed by atoms with Crippen LogP contribution in [0.2, 0.25) is 0 Å². The van der Waals surface area contributed by atoms with Crippen molar-refractivity contribution in [1.29, 1.82) is 0 Å². The predicted molar refractivity (Wildman–Crippen MR) is 124 cm³/mol. The van der Waals surface area contributed by atoms with Crippen LogP contribution in [0.4, 0.5) is 5.69 Å². The Balaban J connectivity index is 1.36. The number of nitrogens with one attached hydrogen (secondary N) is 2. The third kappa shape index (κ3) is 6.43. The van der Waals surface area contributed by atoms with Crippen LogP contribution in [0.5, 0.6) is 0 Å². The van der Waals surface area contributed by atoms with Gasteiger partial charge >= 0.3 is 0 Å². The van der Waals surface area contributed by atoms with Gasteiger partial charge in [0.25, 0.3) is 0 Å². The number of carbonyl (C=O) groups excluding carboxylic acids is 2. The monoisotopic (exact) mass is 428 g/mol. The Bertz CT molecular complexity index is 786. The molecule has 0 bridgehead atoms. The number of aliphatic imine (C=N–C) groups is 1. The number of rotatable bonds is 7. The van der Waals surface area contributed by atoms with Crippen LogP contribution in [0.25, 0.3) is 0 Å². The van der Waals surface area contributed by atoms with E-state index in [0.29, 0.717) is 19.5 Å². The van der Waals surface area contributed by atoms with E-state index in [1.54, 1.807) is 7.05 Å². The molecule has 2 aliphatic rings. The van der Waals surface area contributed by atoms with Crippen LogP contribution in [-0.4, -0.2) is 86.5 Å². The van der Waals surface area contributed by atoms with Crippen LogP contribution in [0.15, 0.2) is 29.3 Å². The van der Waals surface area contributed by atoms with Crippen molar-refractivity contribution in [3.63, 3.8) is 0 Å². The summed E-state index contributed by atoms with van der Waals surface area (Å²) in [6, 6.07) is 8.33. The fourth-order valence-electron chi connectivity index (χ4n) is 4.19. The van der Waals surface area contributed by atoms with Gasteiger partial charge in [0.05, 0.1) is 6.54 Å². The molecular weight excluding hydrogens is 392 g/mol. The van der Waals surface area contributed by atoms with E-state index >= 15 is 0 Å². The van der Waals surface area contributed by atoms with E-state index in [1.807, 2.05) is 36.9 Å². The van der Waals surface area contributed by atoms with E-state index in [1.165, 1.54) is 5.56 Å². The summed E-state index contributed by atoms with van der Waals surface area (Å²) in [5.41, 5.74) is 2.33. The quantitative estimate of drug-likeness (QED) is 0.386. The summed E-state index contributed by atoms with van der Waals surface area (Å²) in [6.45, 7) is 9.22.